The monoisotopic (exact) mass is 443 g/mol. The number of hydrogen-bond donors (Lipinski definition) is 2. The van der Waals surface area contributed by atoms with Crippen LogP contribution in [0.5, 0.6) is 0 Å². The summed E-state index contributed by atoms with van der Waals surface area (Å²) < 4.78 is 5.00. The summed E-state index contributed by atoms with van der Waals surface area (Å²) in [4.78, 5) is 36.6. The number of benzene rings is 1. The fourth-order valence-electron chi connectivity index (χ4n) is 4.00. The molecule has 0 radical (unpaired) electrons. The lowest BCUT2D eigenvalue weighted by molar-refractivity contribution is -0.384. The number of nitro benzene ring substituents is 1. The van der Waals surface area contributed by atoms with E-state index < -0.39 is 16.8 Å². The highest BCUT2D eigenvalue weighted by atomic mass is 32.1. The summed E-state index contributed by atoms with van der Waals surface area (Å²) in [5.41, 5.74) is 1.11. The summed E-state index contributed by atoms with van der Waals surface area (Å²) in [6.07, 6.45) is 3.39. The number of carbonyl (C=O) groups excluding carboxylic acids is 2. The van der Waals surface area contributed by atoms with Gasteiger partial charge in [-0.2, -0.15) is 0 Å². The van der Waals surface area contributed by atoms with Crippen molar-refractivity contribution in [1.29, 1.82) is 0 Å². The minimum atomic E-state index is -0.496. The van der Waals surface area contributed by atoms with Crippen molar-refractivity contribution in [3.8, 4) is 0 Å². The van der Waals surface area contributed by atoms with Crippen LogP contribution in [0.1, 0.15) is 54.1 Å². The molecule has 1 amide bonds. The number of anilines is 1. The standard InChI is InChI=1S/C22H25N3O5S/c1-21(2)12-15-17(20(27)30-5)19(31-18(15)22(3,4)24-21)23-16(26)10-9-13-7-6-8-14(11-13)25(28)29/h6-11,24H,12H2,1-5H3,(H,23,26)/b10-9+. The topological polar surface area (TPSA) is 111 Å². The van der Waals surface area contributed by atoms with Crippen molar-refractivity contribution in [2.45, 2.75) is 45.2 Å². The molecule has 0 atom stereocenters. The van der Waals surface area contributed by atoms with E-state index in [1.807, 2.05) is 13.8 Å². The number of rotatable bonds is 5. The predicted octanol–water partition coefficient (Wildman–Crippen LogP) is 4.25. The lowest BCUT2D eigenvalue weighted by atomic mass is 9.81. The number of non-ortho nitro benzene ring substituents is 1. The largest absolute Gasteiger partial charge is 0.465 e. The van der Waals surface area contributed by atoms with Crippen LogP contribution in [0.2, 0.25) is 0 Å². The van der Waals surface area contributed by atoms with E-state index in [1.54, 1.807) is 12.1 Å². The number of carbonyl (C=O) groups is 2. The van der Waals surface area contributed by atoms with E-state index in [4.69, 9.17) is 4.74 Å². The quantitative estimate of drug-likeness (QED) is 0.309. The molecular weight excluding hydrogens is 418 g/mol. The Morgan fingerprint density at radius 2 is 2.00 bits per heavy atom. The first-order chi connectivity index (χ1) is 14.4. The van der Waals surface area contributed by atoms with Crippen molar-refractivity contribution in [2.24, 2.45) is 0 Å². The molecule has 8 nitrogen and oxygen atoms in total. The molecule has 9 heteroatoms. The molecule has 2 N–H and O–H groups in total. The van der Waals surface area contributed by atoms with Crippen LogP contribution in [0.4, 0.5) is 10.7 Å². The Labute approximate surface area is 184 Å². The first-order valence-corrected chi connectivity index (χ1v) is 10.5. The van der Waals surface area contributed by atoms with Crippen molar-refractivity contribution in [3.63, 3.8) is 0 Å². The Balaban J connectivity index is 1.92. The van der Waals surface area contributed by atoms with Crippen LogP contribution in [0.15, 0.2) is 30.3 Å². The fourth-order valence-corrected chi connectivity index (χ4v) is 5.27. The molecule has 3 rings (SSSR count). The summed E-state index contributed by atoms with van der Waals surface area (Å²) in [5.74, 6) is -0.941. The minimum absolute atomic E-state index is 0.0567. The molecule has 1 aromatic carbocycles. The highest BCUT2D eigenvalue weighted by Gasteiger charge is 2.42. The first-order valence-electron chi connectivity index (χ1n) is 9.71. The molecule has 0 unspecified atom stereocenters. The number of ether oxygens (including phenoxy) is 1. The maximum Gasteiger partial charge on any atom is 0.341 e. The van der Waals surface area contributed by atoms with Gasteiger partial charge in [0, 0.05) is 34.2 Å². The summed E-state index contributed by atoms with van der Waals surface area (Å²) >= 11 is 1.35. The van der Waals surface area contributed by atoms with Crippen molar-refractivity contribution in [2.75, 3.05) is 12.4 Å². The summed E-state index contributed by atoms with van der Waals surface area (Å²) in [6, 6.07) is 5.98. The van der Waals surface area contributed by atoms with Crippen molar-refractivity contribution in [3.05, 3.63) is 62.0 Å². The molecule has 0 bridgehead atoms. The molecule has 164 valence electrons. The Bertz CT molecular complexity index is 1080. The van der Waals surface area contributed by atoms with E-state index in [0.29, 0.717) is 22.5 Å². The van der Waals surface area contributed by atoms with Crippen LogP contribution in [-0.2, 0) is 21.5 Å². The van der Waals surface area contributed by atoms with Crippen LogP contribution in [0.25, 0.3) is 6.08 Å². The summed E-state index contributed by atoms with van der Waals surface area (Å²) in [5, 5.41) is 17.7. The van der Waals surface area contributed by atoms with Gasteiger partial charge < -0.3 is 15.4 Å². The van der Waals surface area contributed by atoms with Gasteiger partial charge in [-0.15, -0.1) is 11.3 Å². The van der Waals surface area contributed by atoms with E-state index in [0.717, 1.165) is 10.4 Å². The number of fused-ring (bicyclic) bond motifs is 1. The second-order valence-corrected chi connectivity index (χ2v) is 9.61. The van der Waals surface area contributed by atoms with Gasteiger partial charge in [0.15, 0.2) is 0 Å². The van der Waals surface area contributed by atoms with Gasteiger partial charge in [-0.25, -0.2) is 4.79 Å². The van der Waals surface area contributed by atoms with Gasteiger partial charge in [-0.05, 0) is 51.3 Å². The van der Waals surface area contributed by atoms with E-state index in [2.05, 4.69) is 24.5 Å². The maximum atomic E-state index is 12.6. The van der Waals surface area contributed by atoms with Crippen molar-refractivity contribution < 1.29 is 19.2 Å². The number of thiophene rings is 1. The molecule has 31 heavy (non-hydrogen) atoms. The average Bonchev–Trinajstić information content (AvgIpc) is 3.03. The lowest BCUT2D eigenvalue weighted by Crippen LogP contribution is -2.55. The number of esters is 1. The van der Waals surface area contributed by atoms with E-state index >= 15 is 0 Å². The number of methoxy groups -OCH3 is 1. The van der Waals surface area contributed by atoms with Gasteiger partial charge >= 0.3 is 5.97 Å². The zero-order valence-electron chi connectivity index (χ0n) is 18.1. The number of nitro groups is 1. The van der Waals surface area contributed by atoms with Gasteiger partial charge in [0.05, 0.1) is 17.6 Å². The fraction of sp³-hybridized carbons (Fsp3) is 0.364. The third-order valence-corrected chi connectivity index (χ3v) is 6.45. The predicted molar refractivity (Wildman–Crippen MR) is 120 cm³/mol. The molecule has 0 aliphatic carbocycles. The minimum Gasteiger partial charge on any atom is -0.465 e. The van der Waals surface area contributed by atoms with Crippen LogP contribution in [0, 0.1) is 10.1 Å². The third-order valence-electron chi connectivity index (χ3n) is 4.98. The zero-order chi connectivity index (χ0) is 23.0. The van der Waals surface area contributed by atoms with E-state index in [-0.39, 0.29) is 16.8 Å². The van der Waals surface area contributed by atoms with Gasteiger partial charge in [0.1, 0.15) is 5.00 Å². The molecule has 1 aliphatic heterocycles. The molecule has 1 aliphatic rings. The van der Waals surface area contributed by atoms with Crippen molar-refractivity contribution in [1.82, 2.24) is 5.32 Å². The molecule has 0 spiro atoms. The van der Waals surface area contributed by atoms with E-state index in [9.17, 15) is 19.7 Å². The molecule has 0 saturated carbocycles. The SMILES string of the molecule is COC(=O)c1c(NC(=O)/C=C/c2cccc([N+](=O)[O-])c2)sc2c1CC(C)(C)NC2(C)C. The first kappa shape index (κ1) is 22.6. The van der Waals surface area contributed by atoms with Crippen LogP contribution < -0.4 is 10.6 Å². The number of nitrogens with zero attached hydrogens (tertiary/aromatic N) is 1. The summed E-state index contributed by atoms with van der Waals surface area (Å²) in [6.45, 7) is 8.21. The maximum absolute atomic E-state index is 12.6. The third kappa shape index (κ3) is 4.83. The van der Waals surface area contributed by atoms with Gasteiger partial charge in [0.2, 0.25) is 5.91 Å². The van der Waals surface area contributed by atoms with Crippen LogP contribution >= 0.6 is 11.3 Å². The number of amides is 1. The molecule has 0 fully saturated rings. The van der Waals surface area contributed by atoms with Gasteiger partial charge in [-0.3, -0.25) is 14.9 Å². The van der Waals surface area contributed by atoms with Crippen LogP contribution in [-0.4, -0.2) is 29.4 Å². The molecular formula is C22H25N3O5S. The molecule has 1 aromatic heterocycles. The second-order valence-electron chi connectivity index (χ2n) is 8.59. The smallest absolute Gasteiger partial charge is 0.341 e. The lowest BCUT2D eigenvalue weighted by Gasteiger charge is -2.42. The van der Waals surface area contributed by atoms with E-state index in [1.165, 1.54) is 42.7 Å². The highest BCUT2D eigenvalue weighted by Crippen LogP contribution is 2.45. The number of hydrogen-bond acceptors (Lipinski definition) is 7. The highest BCUT2D eigenvalue weighted by molar-refractivity contribution is 7.17. The van der Waals surface area contributed by atoms with Crippen LogP contribution in [0.3, 0.4) is 0 Å². The summed E-state index contributed by atoms with van der Waals surface area (Å²) in [7, 11) is 1.32. The second kappa shape index (κ2) is 8.24. The Morgan fingerprint density at radius 1 is 1.29 bits per heavy atom. The van der Waals surface area contributed by atoms with Gasteiger partial charge in [0.25, 0.3) is 5.69 Å². The molecule has 0 saturated heterocycles. The Hall–Kier alpha value is -3.04. The molecule has 2 heterocycles. The normalized spacial score (nSPS) is 16.5. The zero-order valence-corrected chi connectivity index (χ0v) is 18.9. The number of nitrogens with one attached hydrogen (secondary N) is 2. The van der Waals surface area contributed by atoms with Crippen molar-refractivity contribution >= 4 is 40.0 Å². The Kier molecular flexibility index (Phi) is 6.02. The average molecular weight is 444 g/mol. The Morgan fingerprint density at radius 3 is 2.65 bits per heavy atom. The van der Waals surface area contributed by atoms with Gasteiger partial charge in [-0.1, -0.05) is 12.1 Å². The molecule has 2 aromatic rings.